The molecule has 0 saturated heterocycles. The summed E-state index contributed by atoms with van der Waals surface area (Å²) in [6.45, 7) is 4.26. The number of hydrogen-bond donors (Lipinski definition) is 2. The summed E-state index contributed by atoms with van der Waals surface area (Å²) in [7, 11) is 0. The van der Waals surface area contributed by atoms with Gasteiger partial charge in [0.05, 0.1) is 13.2 Å². The van der Waals surface area contributed by atoms with E-state index in [1.165, 1.54) is 44.9 Å². The molecular weight excluding hydrogens is 266 g/mol. The molecule has 0 aliphatic carbocycles. The molecule has 0 heterocycles. The van der Waals surface area contributed by atoms with Crippen LogP contribution in [0.25, 0.3) is 0 Å². The number of carbonyl (C=O) groups is 1. The Hall–Kier alpha value is -0.610. The molecule has 0 fully saturated rings. The molecule has 0 aliphatic heterocycles. The van der Waals surface area contributed by atoms with Gasteiger partial charge in [0.25, 0.3) is 0 Å². The van der Waals surface area contributed by atoms with E-state index in [0.29, 0.717) is 19.6 Å². The molecule has 4 nitrogen and oxygen atoms in total. The molecule has 0 atom stereocenters. The number of carbonyl (C=O) groups excluding carboxylic acids is 1. The van der Waals surface area contributed by atoms with E-state index in [1.54, 1.807) is 0 Å². The first-order valence-electron chi connectivity index (χ1n) is 8.78. The Morgan fingerprint density at radius 2 is 1.52 bits per heavy atom. The van der Waals surface area contributed by atoms with Gasteiger partial charge < -0.3 is 15.2 Å². The average Bonchev–Trinajstić information content (AvgIpc) is 2.49. The monoisotopic (exact) mass is 301 g/mol. The van der Waals surface area contributed by atoms with E-state index in [-0.39, 0.29) is 12.6 Å². The van der Waals surface area contributed by atoms with Crippen molar-refractivity contribution in [3.05, 3.63) is 0 Å². The highest BCUT2D eigenvalue weighted by atomic mass is 16.5. The molecule has 0 aliphatic rings. The summed E-state index contributed by atoms with van der Waals surface area (Å²) in [5.41, 5.74) is 0. The van der Waals surface area contributed by atoms with Gasteiger partial charge in [-0.3, -0.25) is 4.79 Å². The third kappa shape index (κ3) is 17.3. The van der Waals surface area contributed by atoms with Gasteiger partial charge in [-0.05, 0) is 19.4 Å². The van der Waals surface area contributed by atoms with Gasteiger partial charge in [-0.25, -0.2) is 0 Å². The second kappa shape index (κ2) is 17.4. The molecule has 4 heteroatoms. The lowest BCUT2D eigenvalue weighted by Gasteiger charge is -2.05. The minimum absolute atomic E-state index is 0.0693. The Labute approximate surface area is 130 Å². The van der Waals surface area contributed by atoms with Crippen LogP contribution in [-0.4, -0.2) is 37.4 Å². The van der Waals surface area contributed by atoms with Crippen LogP contribution in [0.2, 0.25) is 0 Å². The highest BCUT2D eigenvalue weighted by molar-refractivity contribution is 5.69. The fourth-order valence-corrected chi connectivity index (χ4v) is 2.24. The number of hydrogen-bond acceptors (Lipinski definition) is 4. The molecule has 126 valence electrons. The van der Waals surface area contributed by atoms with Crippen molar-refractivity contribution in [1.82, 2.24) is 5.32 Å². The first-order valence-corrected chi connectivity index (χ1v) is 8.78. The number of esters is 1. The molecule has 0 rings (SSSR count). The minimum Gasteiger partial charge on any atom is -0.466 e. The normalized spacial score (nSPS) is 10.8. The van der Waals surface area contributed by atoms with Gasteiger partial charge in [0, 0.05) is 13.0 Å². The van der Waals surface area contributed by atoms with Crippen LogP contribution in [0.15, 0.2) is 0 Å². The van der Waals surface area contributed by atoms with E-state index in [2.05, 4.69) is 12.2 Å². The fraction of sp³-hybridized carbons (Fsp3) is 0.941. The average molecular weight is 301 g/mol. The molecule has 0 bridgehead atoms. The smallest absolute Gasteiger partial charge is 0.305 e. The Morgan fingerprint density at radius 3 is 2.14 bits per heavy atom. The van der Waals surface area contributed by atoms with Crippen LogP contribution in [0.4, 0.5) is 0 Å². The van der Waals surface area contributed by atoms with Gasteiger partial charge in [0.1, 0.15) is 0 Å². The van der Waals surface area contributed by atoms with Crippen molar-refractivity contribution in [3.63, 3.8) is 0 Å². The van der Waals surface area contributed by atoms with Gasteiger partial charge in [0.15, 0.2) is 0 Å². The predicted octanol–water partition coefficient (Wildman–Crippen LogP) is 3.42. The molecule has 21 heavy (non-hydrogen) atoms. The number of aliphatic hydroxyl groups excluding tert-OH is 1. The minimum atomic E-state index is -0.0693. The lowest BCUT2D eigenvalue weighted by Crippen LogP contribution is -2.21. The maximum Gasteiger partial charge on any atom is 0.305 e. The van der Waals surface area contributed by atoms with Crippen LogP contribution >= 0.6 is 0 Å². The quantitative estimate of drug-likeness (QED) is 0.339. The third-order valence-electron chi connectivity index (χ3n) is 3.53. The van der Waals surface area contributed by atoms with Crippen LogP contribution in [0, 0.1) is 0 Å². The topological polar surface area (TPSA) is 58.6 Å². The Balaban J connectivity index is 3.12. The summed E-state index contributed by atoms with van der Waals surface area (Å²) in [6, 6.07) is 0. The number of ether oxygens (including phenoxy) is 1. The zero-order valence-corrected chi connectivity index (χ0v) is 13.9. The molecule has 0 unspecified atom stereocenters. The molecule has 0 spiro atoms. The summed E-state index contributed by atoms with van der Waals surface area (Å²) in [5.74, 6) is -0.0693. The van der Waals surface area contributed by atoms with E-state index < -0.39 is 0 Å². The molecule has 0 radical (unpaired) electrons. The SMILES string of the molecule is CCCCCCCCCCCC(=O)OCCCNCCO. The molecule has 2 N–H and O–H groups in total. The maximum absolute atomic E-state index is 11.5. The summed E-state index contributed by atoms with van der Waals surface area (Å²) in [6.07, 6.45) is 12.7. The van der Waals surface area contributed by atoms with Crippen molar-refractivity contribution in [1.29, 1.82) is 0 Å². The predicted molar refractivity (Wildman–Crippen MR) is 87.4 cm³/mol. The largest absolute Gasteiger partial charge is 0.466 e. The molecular formula is C17H35NO3. The van der Waals surface area contributed by atoms with Gasteiger partial charge in [-0.2, -0.15) is 0 Å². The van der Waals surface area contributed by atoms with E-state index >= 15 is 0 Å². The van der Waals surface area contributed by atoms with Crippen molar-refractivity contribution in [2.75, 3.05) is 26.3 Å². The first-order chi connectivity index (χ1) is 10.3. The van der Waals surface area contributed by atoms with E-state index in [9.17, 15) is 4.79 Å². The van der Waals surface area contributed by atoms with Crippen molar-refractivity contribution in [3.8, 4) is 0 Å². The fourth-order valence-electron chi connectivity index (χ4n) is 2.24. The number of unbranched alkanes of at least 4 members (excludes halogenated alkanes) is 8. The standard InChI is InChI=1S/C17H35NO3/c1-2-3-4-5-6-7-8-9-10-12-17(20)21-16-11-13-18-14-15-19/h18-19H,2-16H2,1H3. The van der Waals surface area contributed by atoms with Crippen molar-refractivity contribution in [2.24, 2.45) is 0 Å². The summed E-state index contributed by atoms with van der Waals surface area (Å²) in [4.78, 5) is 11.5. The third-order valence-corrected chi connectivity index (χ3v) is 3.53. The zero-order valence-electron chi connectivity index (χ0n) is 13.9. The lowest BCUT2D eigenvalue weighted by atomic mass is 10.1. The number of rotatable bonds is 16. The molecule has 0 aromatic heterocycles. The van der Waals surface area contributed by atoms with Gasteiger partial charge in [-0.15, -0.1) is 0 Å². The van der Waals surface area contributed by atoms with Crippen molar-refractivity contribution >= 4 is 5.97 Å². The second-order valence-corrected chi connectivity index (χ2v) is 5.63. The van der Waals surface area contributed by atoms with Gasteiger partial charge in [0.2, 0.25) is 0 Å². The maximum atomic E-state index is 11.5. The molecule has 0 aromatic rings. The number of nitrogens with one attached hydrogen (secondary N) is 1. The van der Waals surface area contributed by atoms with Crippen LogP contribution < -0.4 is 5.32 Å². The van der Waals surface area contributed by atoms with Gasteiger partial charge >= 0.3 is 5.97 Å². The molecule has 0 aromatic carbocycles. The Morgan fingerprint density at radius 1 is 0.905 bits per heavy atom. The lowest BCUT2D eigenvalue weighted by molar-refractivity contribution is -0.143. The van der Waals surface area contributed by atoms with Crippen LogP contribution in [0.5, 0.6) is 0 Å². The van der Waals surface area contributed by atoms with E-state index in [0.717, 1.165) is 25.8 Å². The van der Waals surface area contributed by atoms with Gasteiger partial charge in [-0.1, -0.05) is 58.3 Å². The Kier molecular flexibility index (Phi) is 16.9. The Bertz CT molecular complexity index is 222. The van der Waals surface area contributed by atoms with E-state index in [4.69, 9.17) is 9.84 Å². The van der Waals surface area contributed by atoms with Crippen molar-refractivity contribution in [2.45, 2.75) is 77.6 Å². The summed E-state index contributed by atoms with van der Waals surface area (Å²) < 4.78 is 5.15. The first kappa shape index (κ1) is 20.4. The van der Waals surface area contributed by atoms with E-state index in [1.807, 2.05) is 0 Å². The second-order valence-electron chi connectivity index (χ2n) is 5.63. The van der Waals surface area contributed by atoms with Crippen molar-refractivity contribution < 1.29 is 14.6 Å². The van der Waals surface area contributed by atoms with Crippen LogP contribution in [0.3, 0.4) is 0 Å². The zero-order chi connectivity index (χ0) is 15.6. The van der Waals surface area contributed by atoms with Crippen LogP contribution in [0.1, 0.15) is 77.6 Å². The molecule has 0 amide bonds. The van der Waals surface area contributed by atoms with Crippen LogP contribution in [-0.2, 0) is 9.53 Å². The summed E-state index contributed by atoms with van der Waals surface area (Å²) >= 11 is 0. The molecule has 0 saturated carbocycles. The highest BCUT2D eigenvalue weighted by Crippen LogP contribution is 2.10. The highest BCUT2D eigenvalue weighted by Gasteiger charge is 2.02. The number of aliphatic hydroxyl groups is 1. The summed E-state index contributed by atoms with van der Waals surface area (Å²) in [5, 5.41) is 11.6.